The lowest BCUT2D eigenvalue weighted by molar-refractivity contribution is -0.816. The summed E-state index contributed by atoms with van der Waals surface area (Å²) in [6.07, 6.45) is 4.66. The molecule has 0 bridgehead atoms. The number of hydrogen-bond donors (Lipinski definition) is 0. The van der Waals surface area contributed by atoms with Crippen LogP contribution < -0.4 is 9.80 Å². The van der Waals surface area contributed by atoms with Crippen LogP contribution in [0.5, 0.6) is 0 Å². The van der Waals surface area contributed by atoms with Crippen LogP contribution in [0.1, 0.15) is 31.9 Å². The van der Waals surface area contributed by atoms with Crippen molar-refractivity contribution in [3.8, 4) is 20.9 Å². The summed E-state index contributed by atoms with van der Waals surface area (Å²) in [6, 6.07) is 69.9. The molecule has 1 aliphatic rings. The molecule has 9 rings (SSSR count). The third-order valence-electron chi connectivity index (χ3n) is 11.3. The summed E-state index contributed by atoms with van der Waals surface area (Å²) in [5.74, 6) is 0. The molecule has 0 unspecified atom stereocenters. The van der Waals surface area contributed by atoms with Crippen LogP contribution in [0, 0.1) is 0 Å². The lowest BCUT2D eigenvalue weighted by Crippen LogP contribution is -2.52. The Morgan fingerprint density at radius 3 is 1.03 bits per heavy atom. The highest BCUT2D eigenvalue weighted by molar-refractivity contribution is 7.19. The van der Waals surface area contributed by atoms with Crippen molar-refractivity contribution in [2.45, 2.75) is 26.3 Å². The van der Waals surface area contributed by atoms with Gasteiger partial charge >= 0.3 is 0 Å². The standard InChI is InChI=1S/C53H46N3S2/c1-53(2,3)56(4)47(39-25-29-45(30-26-39)54(43-21-13-7-14-22-43)51-37-35-49(57-51)41-17-9-5-10-18-41)33-34-48(56)40-27-31-46(32-28-40)55(44-23-15-8-16-24-44)52-38-36-50(58-52)42-19-11-6-12-20-42/h5-38H,1-4H3/q+1. The highest BCUT2D eigenvalue weighted by Gasteiger charge is 2.47. The van der Waals surface area contributed by atoms with E-state index in [0.717, 1.165) is 22.7 Å². The van der Waals surface area contributed by atoms with Crippen LogP contribution in [0.2, 0.25) is 0 Å². The molecule has 0 aliphatic carbocycles. The van der Waals surface area contributed by atoms with Gasteiger partial charge < -0.3 is 9.80 Å². The average Bonchev–Trinajstić information content (AvgIpc) is 4.04. The van der Waals surface area contributed by atoms with Gasteiger partial charge in [0.25, 0.3) is 0 Å². The summed E-state index contributed by atoms with van der Waals surface area (Å²) in [5.41, 5.74) is 11.9. The molecule has 3 nitrogen and oxygen atoms in total. The number of para-hydroxylation sites is 2. The summed E-state index contributed by atoms with van der Waals surface area (Å²) in [5, 5.41) is 2.37. The van der Waals surface area contributed by atoms with Gasteiger partial charge in [-0.25, -0.2) is 0 Å². The number of quaternary nitrogens is 1. The first kappa shape index (κ1) is 37.3. The second kappa shape index (κ2) is 15.6. The van der Waals surface area contributed by atoms with E-state index in [-0.39, 0.29) is 5.54 Å². The van der Waals surface area contributed by atoms with Gasteiger partial charge in [-0.15, -0.1) is 22.7 Å². The quantitative estimate of drug-likeness (QED) is 0.127. The minimum Gasteiger partial charge on any atom is -0.302 e. The smallest absolute Gasteiger partial charge is 0.145 e. The Hall–Kier alpha value is -6.24. The normalized spacial score (nSPS) is 13.5. The van der Waals surface area contributed by atoms with E-state index in [0.29, 0.717) is 4.48 Å². The van der Waals surface area contributed by atoms with Gasteiger partial charge in [-0.3, -0.25) is 4.48 Å². The fourth-order valence-electron chi connectivity index (χ4n) is 7.95. The first-order valence-electron chi connectivity index (χ1n) is 19.8. The monoisotopic (exact) mass is 788 g/mol. The molecule has 0 radical (unpaired) electrons. The molecule has 0 N–H and O–H groups in total. The van der Waals surface area contributed by atoms with Crippen LogP contribution in [0.15, 0.2) is 206 Å². The van der Waals surface area contributed by atoms with Crippen LogP contribution in [0.4, 0.5) is 32.8 Å². The minimum absolute atomic E-state index is 0.118. The zero-order valence-electron chi connectivity index (χ0n) is 33.3. The summed E-state index contributed by atoms with van der Waals surface area (Å²) < 4.78 is 0.674. The van der Waals surface area contributed by atoms with Gasteiger partial charge in [0.05, 0.1) is 12.6 Å². The van der Waals surface area contributed by atoms with E-state index in [2.05, 4.69) is 244 Å². The number of hydrogen-bond acceptors (Lipinski definition) is 4. The maximum atomic E-state index is 2.37. The molecule has 0 spiro atoms. The van der Waals surface area contributed by atoms with Crippen LogP contribution in [0.3, 0.4) is 0 Å². The van der Waals surface area contributed by atoms with Gasteiger partial charge in [0.1, 0.15) is 21.4 Å². The van der Waals surface area contributed by atoms with Crippen molar-refractivity contribution in [2.75, 3.05) is 16.8 Å². The van der Waals surface area contributed by atoms with Crippen molar-refractivity contribution in [3.63, 3.8) is 0 Å². The van der Waals surface area contributed by atoms with Crippen LogP contribution in [-0.4, -0.2) is 17.1 Å². The molecule has 0 saturated heterocycles. The molecule has 2 aromatic heterocycles. The largest absolute Gasteiger partial charge is 0.302 e. The Labute approximate surface area is 351 Å². The van der Waals surface area contributed by atoms with E-state index < -0.39 is 0 Å². The van der Waals surface area contributed by atoms with Crippen LogP contribution in [-0.2, 0) is 0 Å². The zero-order chi connectivity index (χ0) is 39.7. The number of benzene rings is 6. The molecule has 5 heteroatoms. The molecule has 0 atom stereocenters. The molecule has 0 fully saturated rings. The van der Waals surface area contributed by atoms with Crippen LogP contribution in [0.25, 0.3) is 32.3 Å². The summed E-state index contributed by atoms with van der Waals surface area (Å²) in [4.78, 5) is 7.24. The maximum absolute atomic E-state index is 2.37. The average molecular weight is 789 g/mol. The molecule has 3 heterocycles. The molecule has 1 aliphatic heterocycles. The third-order valence-corrected chi connectivity index (χ3v) is 13.6. The number of anilines is 6. The van der Waals surface area contributed by atoms with Gasteiger partial charge in [0, 0.05) is 55.8 Å². The Morgan fingerprint density at radius 2 is 0.690 bits per heavy atom. The summed E-state index contributed by atoms with van der Waals surface area (Å²) in [7, 11) is 2.37. The van der Waals surface area contributed by atoms with Gasteiger partial charge in [0.15, 0.2) is 0 Å². The molecular weight excluding hydrogens is 743 g/mol. The fraction of sp³-hybridized carbons (Fsp3) is 0.0943. The van der Waals surface area contributed by atoms with E-state index in [1.54, 1.807) is 0 Å². The van der Waals surface area contributed by atoms with Crippen molar-refractivity contribution in [3.05, 3.63) is 217 Å². The second-order valence-corrected chi connectivity index (χ2v) is 17.8. The van der Waals surface area contributed by atoms with Crippen molar-refractivity contribution in [1.82, 2.24) is 0 Å². The second-order valence-electron chi connectivity index (χ2n) is 15.7. The zero-order valence-corrected chi connectivity index (χ0v) is 34.9. The SMILES string of the molecule is CC(C)(C)[N+]1(C)C(c2ccc(N(c3ccccc3)c3ccc(-c4ccccc4)s3)cc2)=CC=C1c1ccc(N(c2ccccc2)c2ccc(-c3ccccc3)s2)cc1. The predicted molar refractivity (Wildman–Crippen MR) is 251 cm³/mol. The molecular formula is C53H46N3S2+. The van der Waals surface area contributed by atoms with E-state index in [1.807, 2.05) is 22.7 Å². The Morgan fingerprint density at radius 1 is 0.362 bits per heavy atom. The van der Waals surface area contributed by atoms with Crippen molar-refractivity contribution < 1.29 is 4.48 Å². The lowest BCUT2D eigenvalue weighted by Gasteiger charge is -2.45. The number of allylic oxidation sites excluding steroid dienone is 2. The van der Waals surface area contributed by atoms with E-state index in [9.17, 15) is 0 Å². The summed E-state index contributed by atoms with van der Waals surface area (Å²) >= 11 is 3.63. The summed E-state index contributed by atoms with van der Waals surface area (Å²) in [6.45, 7) is 7.04. The van der Waals surface area contributed by atoms with Crippen LogP contribution >= 0.6 is 22.7 Å². The van der Waals surface area contributed by atoms with Gasteiger partial charge in [-0.2, -0.15) is 0 Å². The van der Waals surface area contributed by atoms with Crippen molar-refractivity contribution in [2.24, 2.45) is 0 Å². The van der Waals surface area contributed by atoms with Gasteiger partial charge in [0.2, 0.25) is 0 Å². The topological polar surface area (TPSA) is 6.48 Å². The molecule has 8 aromatic rings. The molecule has 58 heavy (non-hydrogen) atoms. The number of thiophene rings is 2. The maximum Gasteiger partial charge on any atom is 0.145 e. The first-order valence-corrected chi connectivity index (χ1v) is 21.4. The fourth-order valence-corrected chi connectivity index (χ4v) is 10.1. The molecule has 6 aromatic carbocycles. The molecule has 0 saturated carbocycles. The van der Waals surface area contributed by atoms with E-state index in [1.165, 1.54) is 53.4 Å². The van der Waals surface area contributed by atoms with Crippen molar-refractivity contribution in [1.29, 1.82) is 0 Å². The first-order chi connectivity index (χ1) is 28.3. The highest BCUT2D eigenvalue weighted by atomic mass is 32.1. The van der Waals surface area contributed by atoms with Crippen molar-refractivity contribution >= 4 is 66.8 Å². The third kappa shape index (κ3) is 7.03. The Bertz CT molecular complexity index is 2510. The van der Waals surface area contributed by atoms with Gasteiger partial charge in [-0.1, -0.05) is 97.1 Å². The Balaban J connectivity index is 1.02. The van der Waals surface area contributed by atoms with E-state index in [4.69, 9.17) is 0 Å². The number of rotatable bonds is 10. The number of nitrogens with zero attached hydrogens (tertiary/aromatic N) is 3. The molecule has 284 valence electrons. The molecule has 0 amide bonds. The Kier molecular flexibility index (Phi) is 10.0. The predicted octanol–water partition coefficient (Wildman–Crippen LogP) is 15.7. The van der Waals surface area contributed by atoms with Gasteiger partial charge in [-0.05, 0) is 129 Å². The van der Waals surface area contributed by atoms with E-state index >= 15 is 0 Å². The highest BCUT2D eigenvalue weighted by Crippen LogP contribution is 2.49. The minimum atomic E-state index is -0.118. The lowest BCUT2D eigenvalue weighted by atomic mass is 9.95.